The van der Waals surface area contributed by atoms with Gasteiger partial charge in [-0.2, -0.15) is 13.2 Å². The van der Waals surface area contributed by atoms with Gasteiger partial charge in [-0.15, -0.1) is 0 Å². The summed E-state index contributed by atoms with van der Waals surface area (Å²) in [5, 5.41) is 0.468. The fourth-order valence-electron chi connectivity index (χ4n) is 3.53. The smallest absolute Gasteiger partial charge is 0.319 e. The molecule has 9 heteroatoms. The van der Waals surface area contributed by atoms with E-state index in [0.717, 1.165) is 17.0 Å². The van der Waals surface area contributed by atoms with Crippen LogP contribution in [0.1, 0.15) is 34.6 Å². The van der Waals surface area contributed by atoms with E-state index in [1.807, 2.05) is 0 Å². The number of hydrogen-bond acceptors (Lipinski definition) is 3. The lowest BCUT2D eigenvalue weighted by atomic mass is 10.0. The molecule has 1 N–H and O–H groups in total. The monoisotopic (exact) mass is 471 g/mol. The third-order valence-electron chi connectivity index (χ3n) is 5.21. The Balaban J connectivity index is 1.87. The molecule has 1 heterocycles. The Morgan fingerprint density at radius 1 is 1.03 bits per heavy atom. The predicted molar refractivity (Wildman–Crippen MR) is 120 cm³/mol. The molecule has 0 radical (unpaired) electrons. The van der Waals surface area contributed by atoms with Crippen molar-refractivity contribution in [1.82, 2.24) is 9.97 Å². The second-order valence-corrected chi connectivity index (χ2v) is 7.82. The van der Waals surface area contributed by atoms with Gasteiger partial charge in [0.1, 0.15) is 0 Å². The zero-order valence-corrected chi connectivity index (χ0v) is 18.0. The second kappa shape index (κ2) is 8.71. The molecular formula is C24H17ClF3N3O2. The number of fused-ring (bicyclic) bond motifs is 1. The summed E-state index contributed by atoms with van der Waals surface area (Å²) >= 11 is 5.96. The van der Waals surface area contributed by atoms with Crippen molar-refractivity contribution < 1.29 is 18.0 Å². The van der Waals surface area contributed by atoms with E-state index >= 15 is 0 Å². The van der Waals surface area contributed by atoms with E-state index in [1.165, 1.54) is 12.1 Å². The molecule has 1 aromatic heterocycles. The first kappa shape index (κ1) is 22.5. The molecule has 0 aliphatic rings. The van der Waals surface area contributed by atoms with E-state index in [0.29, 0.717) is 21.6 Å². The zero-order valence-electron chi connectivity index (χ0n) is 17.2. The van der Waals surface area contributed by atoms with E-state index in [2.05, 4.69) is 9.97 Å². The van der Waals surface area contributed by atoms with Crippen LogP contribution in [0.25, 0.3) is 11.0 Å². The SMILES string of the molecule is CC(c1ccc(Cl)cc1)N(C(=O)c1nc2ccccc2[nH]c1=O)c1cccc(C(F)(F)F)c1. The van der Waals surface area contributed by atoms with Gasteiger partial charge in [-0.1, -0.05) is 41.9 Å². The van der Waals surface area contributed by atoms with E-state index in [1.54, 1.807) is 55.5 Å². The van der Waals surface area contributed by atoms with Crippen molar-refractivity contribution in [2.24, 2.45) is 0 Å². The van der Waals surface area contributed by atoms with Gasteiger partial charge in [0.25, 0.3) is 11.5 Å². The fourth-order valence-corrected chi connectivity index (χ4v) is 3.65. The number of nitrogens with one attached hydrogen (secondary N) is 1. The number of amides is 1. The summed E-state index contributed by atoms with van der Waals surface area (Å²) in [6, 6.07) is 16.9. The number of aromatic amines is 1. The lowest BCUT2D eigenvalue weighted by molar-refractivity contribution is -0.137. The molecule has 0 fully saturated rings. The quantitative estimate of drug-likeness (QED) is 0.397. The van der Waals surface area contributed by atoms with E-state index < -0.39 is 34.9 Å². The summed E-state index contributed by atoms with van der Waals surface area (Å²) in [5.41, 5.74) is -0.666. The zero-order chi connectivity index (χ0) is 23.8. The number of halogens is 4. The highest BCUT2D eigenvalue weighted by Crippen LogP contribution is 2.35. The van der Waals surface area contributed by atoms with Crippen LogP contribution in [0.2, 0.25) is 5.02 Å². The average Bonchev–Trinajstić information content (AvgIpc) is 2.78. The third kappa shape index (κ3) is 4.61. The number of carbonyl (C=O) groups is 1. The topological polar surface area (TPSA) is 66.1 Å². The average molecular weight is 472 g/mol. The van der Waals surface area contributed by atoms with Crippen LogP contribution in [0, 0.1) is 0 Å². The van der Waals surface area contributed by atoms with Gasteiger partial charge >= 0.3 is 6.18 Å². The number of para-hydroxylation sites is 2. The third-order valence-corrected chi connectivity index (χ3v) is 5.46. The van der Waals surface area contributed by atoms with Crippen LogP contribution in [0.4, 0.5) is 18.9 Å². The van der Waals surface area contributed by atoms with Crippen LogP contribution in [0.15, 0.2) is 77.6 Å². The highest BCUT2D eigenvalue weighted by Gasteiger charge is 2.33. The lowest BCUT2D eigenvalue weighted by Gasteiger charge is -2.30. The van der Waals surface area contributed by atoms with E-state index in [4.69, 9.17) is 11.6 Å². The van der Waals surface area contributed by atoms with Crippen molar-refractivity contribution in [3.8, 4) is 0 Å². The van der Waals surface area contributed by atoms with Gasteiger partial charge in [0.15, 0.2) is 5.69 Å². The molecule has 0 aliphatic carbocycles. The van der Waals surface area contributed by atoms with Crippen LogP contribution in [-0.2, 0) is 6.18 Å². The number of H-pyrrole nitrogens is 1. The highest BCUT2D eigenvalue weighted by molar-refractivity contribution is 6.30. The number of hydrogen-bond donors (Lipinski definition) is 1. The van der Waals surface area contributed by atoms with E-state index in [-0.39, 0.29) is 5.69 Å². The minimum Gasteiger partial charge on any atom is -0.319 e. The molecule has 5 nitrogen and oxygen atoms in total. The van der Waals surface area contributed by atoms with Crippen LogP contribution in [0.3, 0.4) is 0 Å². The molecule has 33 heavy (non-hydrogen) atoms. The molecule has 4 rings (SSSR count). The summed E-state index contributed by atoms with van der Waals surface area (Å²) < 4.78 is 40.1. The summed E-state index contributed by atoms with van der Waals surface area (Å²) in [7, 11) is 0. The molecular weight excluding hydrogens is 455 g/mol. The van der Waals surface area contributed by atoms with Crippen LogP contribution in [0.5, 0.6) is 0 Å². The maximum absolute atomic E-state index is 13.6. The summed E-state index contributed by atoms with van der Waals surface area (Å²) in [6.45, 7) is 1.65. The van der Waals surface area contributed by atoms with Crippen molar-refractivity contribution >= 4 is 34.2 Å². The molecule has 1 unspecified atom stereocenters. The minimum atomic E-state index is -4.60. The van der Waals surface area contributed by atoms with Crippen molar-refractivity contribution in [2.45, 2.75) is 19.1 Å². The van der Waals surface area contributed by atoms with Gasteiger partial charge < -0.3 is 4.98 Å². The van der Waals surface area contributed by atoms with Gasteiger partial charge in [0.05, 0.1) is 22.6 Å². The van der Waals surface area contributed by atoms with Crippen LogP contribution >= 0.6 is 11.6 Å². The van der Waals surface area contributed by atoms with Crippen molar-refractivity contribution in [1.29, 1.82) is 0 Å². The Labute approximate surface area is 191 Å². The Hall–Kier alpha value is -3.65. The molecule has 168 valence electrons. The minimum absolute atomic E-state index is 0.0216. The normalized spacial score (nSPS) is 12.5. The Bertz CT molecular complexity index is 1380. The summed E-state index contributed by atoms with van der Waals surface area (Å²) in [5.74, 6) is -0.830. The van der Waals surface area contributed by atoms with Crippen molar-refractivity contribution in [3.63, 3.8) is 0 Å². The standard InChI is InChI=1S/C24H17ClF3N3O2/c1-14(15-9-11-17(25)12-10-15)31(18-6-4-5-16(13-18)24(26,27)28)23(33)21-22(32)30-20-8-3-2-7-19(20)29-21/h2-14H,1H3,(H,30,32). The van der Waals surface area contributed by atoms with Gasteiger partial charge in [-0.3, -0.25) is 14.5 Å². The Morgan fingerprint density at radius 3 is 2.42 bits per heavy atom. The van der Waals surface area contributed by atoms with Crippen LogP contribution < -0.4 is 10.5 Å². The number of benzene rings is 3. The first-order valence-corrected chi connectivity index (χ1v) is 10.3. The number of carbonyl (C=O) groups excluding carboxylic acids is 1. The molecule has 1 atom stereocenters. The number of alkyl halides is 3. The molecule has 0 bridgehead atoms. The Kier molecular flexibility index (Phi) is 5.95. The molecule has 4 aromatic rings. The predicted octanol–water partition coefficient (Wildman–Crippen LogP) is 6.00. The first-order valence-electron chi connectivity index (χ1n) is 9.90. The largest absolute Gasteiger partial charge is 0.416 e. The summed E-state index contributed by atoms with van der Waals surface area (Å²) in [6.07, 6.45) is -4.60. The Morgan fingerprint density at radius 2 is 1.73 bits per heavy atom. The molecule has 0 spiro atoms. The number of anilines is 1. The van der Waals surface area contributed by atoms with Crippen molar-refractivity contribution in [3.05, 3.63) is 105 Å². The first-order chi connectivity index (χ1) is 15.6. The lowest BCUT2D eigenvalue weighted by Crippen LogP contribution is -2.38. The number of rotatable bonds is 4. The molecule has 1 amide bonds. The van der Waals surface area contributed by atoms with Crippen molar-refractivity contribution in [2.75, 3.05) is 4.90 Å². The molecule has 0 aliphatic heterocycles. The molecule has 0 saturated carbocycles. The second-order valence-electron chi connectivity index (χ2n) is 7.38. The highest BCUT2D eigenvalue weighted by atomic mass is 35.5. The van der Waals surface area contributed by atoms with E-state index in [9.17, 15) is 22.8 Å². The fraction of sp³-hybridized carbons (Fsp3) is 0.125. The number of nitrogens with zero attached hydrogens (tertiary/aromatic N) is 2. The maximum atomic E-state index is 13.6. The van der Waals surface area contributed by atoms with Gasteiger partial charge in [-0.25, -0.2) is 4.98 Å². The molecule has 0 saturated heterocycles. The van der Waals surface area contributed by atoms with Crippen LogP contribution in [-0.4, -0.2) is 15.9 Å². The number of aromatic nitrogens is 2. The van der Waals surface area contributed by atoms with Gasteiger partial charge in [0, 0.05) is 10.7 Å². The van der Waals surface area contributed by atoms with Gasteiger partial charge in [0.2, 0.25) is 0 Å². The van der Waals surface area contributed by atoms with Gasteiger partial charge in [-0.05, 0) is 55.0 Å². The maximum Gasteiger partial charge on any atom is 0.416 e. The summed E-state index contributed by atoms with van der Waals surface area (Å²) in [4.78, 5) is 34.2. The molecule has 3 aromatic carbocycles.